The van der Waals surface area contributed by atoms with E-state index in [0.29, 0.717) is 0 Å². The molecular formula is C7H8BF2NO3. The standard InChI is InChI=1S/C7H8BF2NO3/c1-4-2-5(14-8(12)13)3-11-6(4)7(9)10/h2-3,7,12-13H,1H3. The van der Waals surface area contributed by atoms with Gasteiger partial charge in [-0.25, -0.2) is 8.78 Å². The molecule has 76 valence electrons. The van der Waals surface area contributed by atoms with E-state index in [4.69, 9.17) is 10.0 Å². The molecule has 0 spiro atoms. The van der Waals surface area contributed by atoms with Gasteiger partial charge in [-0.15, -0.1) is 0 Å². The second-order valence-electron chi connectivity index (χ2n) is 2.62. The fraction of sp³-hybridized carbons (Fsp3) is 0.286. The van der Waals surface area contributed by atoms with Crippen molar-refractivity contribution in [2.75, 3.05) is 0 Å². The summed E-state index contributed by atoms with van der Waals surface area (Å²) in [6, 6.07) is 1.26. The summed E-state index contributed by atoms with van der Waals surface area (Å²) in [5, 5.41) is 16.9. The fourth-order valence-electron chi connectivity index (χ4n) is 0.974. The van der Waals surface area contributed by atoms with E-state index in [1.807, 2.05) is 0 Å². The maximum absolute atomic E-state index is 12.2. The molecule has 0 atom stereocenters. The van der Waals surface area contributed by atoms with Crippen molar-refractivity contribution in [3.63, 3.8) is 0 Å². The Labute approximate surface area is 79.3 Å². The molecule has 7 heteroatoms. The van der Waals surface area contributed by atoms with Gasteiger partial charge in [0, 0.05) is 0 Å². The Morgan fingerprint density at radius 3 is 2.57 bits per heavy atom. The molecule has 0 fully saturated rings. The van der Waals surface area contributed by atoms with Crippen molar-refractivity contribution in [1.29, 1.82) is 0 Å². The van der Waals surface area contributed by atoms with E-state index in [1.54, 1.807) is 0 Å². The van der Waals surface area contributed by atoms with Gasteiger partial charge in [0.1, 0.15) is 11.4 Å². The zero-order valence-electron chi connectivity index (χ0n) is 7.32. The first-order chi connectivity index (χ1) is 6.50. The van der Waals surface area contributed by atoms with Crippen LogP contribution in [0.25, 0.3) is 0 Å². The molecule has 0 aliphatic carbocycles. The Bertz CT molecular complexity index is 322. The SMILES string of the molecule is Cc1cc(OB(O)O)cnc1C(F)F. The van der Waals surface area contributed by atoms with Gasteiger partial charge in [0.25, 0.3) is 6.43 Å². The molecule has 2 N–H and O–H groups in total. The average molecular weight is 203 g/mol. The number of halogens is 2. The summed E-state index contributed by atoms with van der Waals surface area (Å²) >= 11 is 0. The third-order valence-electron chi connectivity index (χ3n) is 1.54. The molecule has 0 saturated heterocycles. The lowest BCUT2D eigenvalue weighted by Crippen LogP contribution is -2.20. The van der Waals surface area contributed by atoms with Crippen molar-refractivity contribution in [2.45, 2.75) is 13.3 Å². The van der Waals surface area contributed by atoms with Crippen LogP contribution in [0, 0.1) is 6.92 Å². The Morgan fingerprint density at radius 2 is 2.14 bits per heavy atom. The van der Waals surface area contributed by atoms with Crippen LogP contribution in [0.2, 0.25) is 0 Å². The first-order valence-electron chi connectivity index (χ1n) is 3.78. The second-order valence-corrected chi connectivity index (χ2v) is 2.62. The van der Waals surface area contributed by atoms with Crippen molar-refractivity contribution in [3.05, 3.63) is 23.5 Å². The van der Waals surface area contributed by atoms with E-state index >= 15 is 0 Å². The predicted octanol–water partition coefficient (Wildman–Crippen LogP) is 0.676. The van der Waals surface area contributed by atoms with Gasteiger partial charge in [-0.05, 0) is 18.6 Å². The topological polar surface area (TPSA) is 62.6 Å². The number of alkyl halides is 2. The van der Waals surface area contributed by atoms with Gasteiger partial charge in [0.15, 0.2) is 0 Å². The van der Waals surface area contributed by atoms with Gasteiger partial charge < -0.3 is 14.7 Å². The summed E-state index contributed by atoms with van der Waals surface area (Å²) in [5.41, 5.74) is -0.108. The number of hydrogen-bond acceptors (Lipinski definition) is 4. The van der Waals surface area contributed by atoms with Gasteiger partial charge in [-0.1, -0.05) is 0 Å². The van der Waals surface area contributed by atoms with E-state index in [9.17, 15) is 8.78 Å². The minimum atomic E-state index is -2.65. The van der Waals surface area contributed by atoms with Crippen molar-refractivity contribution in [1.82, 2.24) is 4.98 Å². The highest BCUT2D eigenvalue weighted by Gasteiger charge is 2.15. The third kappa shape index (κ3) is 2.64. The Kier molecular flexibility index (Phi) is 3.37. The zero-order chi connectivity index (χ0) is 10.7. The van der Waals surface area contributed by atoms with Crippen LogP contribution in [0.3, 0.4) is 0 Å². The molecule has 0 saturated carbocycles. The molecule has 1 aromatic rings. The number of rotatable bonds is 3. The summed E-state index contributed by atoms with van der Waals surface area (Å²) in [7, 11) is -1.98. The lowest BCUT2D eigenvalue weighted by molar-refractivity contribution is 0.145. The van der Waals surface area contributed by atoms with Crippen LogP contribution in [0.5, 0.6) is 5.75 Å². The maximum Gasteiger partial charge on any atom is 0.707 e. The van der Waals surface area contributed by atoms with Crippen LogP contribution in [0.4, 0.5) is 8.78 Å². The van der Waals surface area contributed by atoms with Gasteiger partial charge in [-0.3, -0.25) is 4.98 Å². The van der Waals surface area contributed by atoms with Gasteiger partial charge in [0.2, 0.25) is 0 Å². The van der Waals surface area contributed by atoms with E-state index in [0.717, 1.165) is 6.20 Å². The highest BCUT2D eigenvalue weighted by Crippen LogP contribution is 2.23. The molecule has 0 bridgehead atoms. The molecule has 1 heterocycles. The lowest BCUT2D eigenvalue weighted by Gasteiger charge is -2.07. The fourth-order valence-corrected chi connectivity index (χ4v) is 0.974. The third-order valence-corrected chi connectivity index (χ3v) is 1.54. The van der Waals surface area contributed by atoms with Crippen LogP contribution >= 0.6 is 0 Å². The molecule has 0 aliphatic heterocycles. The van der Waals surface area contributed by atoms with Crippen molar-refractivity contribution in [2.24, 2.45) is 0 Å². The van der Waals surface area contributed by atoms with Gasteiger partial charge >= 0.3 is 7.32 Å². The number of nitrogens with zero attached hydrogens (tertiary/aromatic N) is 1. The number of aromatic nitrogens is 1. The molecule has 0 aliphatic rings. The summed E-state index contributed by atoms with van der Waals surface area (Å²) in [5.74, 6) is 0.0295. The Hall–Kier alpha value is -1.21. The molecular weight excluding hydrogens is 195 g/mol. The van der Waals surface area contributed by atoms with Crippen molar-refractivity contribution < 1.29 is 23.5 Å². The van der Waals surface area contributed by atoms with E-state index in [-0.39, 0.29) is 17.0 Å². The van der Waals surface area contributed by atoms with Gasteiger partial charge in [-0.2, -0.15) is 0 Å². The van der Waals surface area contributed by atoms with Crippen LogP contribution < -0.4 is 4.65 Å². The van der Waals surface area contributed by atoms with E-state index < -0.39 is 13.7 Å². The van der Waals surface area contributed by atoms with Crippen LogP contribution in [0.15, 0.2) is 12.3 Å². The van der Waals surface area contributed by atoms with Crippen LogP contribution in [-0.2, 0) is 0 Å². The number of aryl methyl sites for hydroxylation is 1. The summed E-state index contributed by atoms with van der Waals surface area (Å²) in [6.07, 6.45) is -1.64. The van der Waals surface area contributed by atoms with Crippen LogP contribution in [0.1, 0.15) is 17.7 Å². The molecule has 0 aromatic carbocycles. The van der Waals surface area contributed by atoms with E-state index in [2.05, 4.69) is 9.64 Å². The quantitative estimate of drug-likeness (QED) is 0.708. The molecule has 1 rings (SSSR count). The summed E-state index contributed by atoms with van der Waals surface area (Å²) in [6.45, 7) is 1.44. The summed E-state index contributed by atoms with van der Waals surface area (Å²) in [4.78, 5) is 3.43. The Morgan fingerprint density at radius 1 is 1.50 bits per heavy atom. The maximum atomic E-state index is 12.2. The summed E-state index contributed by atoms with van der Waals surface area (Å²) < 4.78 is 28.9. The number of pyridine rings is 1. The monoisotopic (exact) mass is 203 g/mol. The molecule has 0 radical (unpaired) electrons. The largest absolute Gasteiger partial charge is 0.707 e. The minimum absolute atomic E-state index is 0.0295. The molecule has 1 aromatic heterocycles. The normalized spacial score (nSPS) is 10.4. The second kappa shape index (κ2) is 4.34. The van der Waals surface area contributed by atoms with Gasteiger partial charge in [0.05, 0.1) is 6.20 Å². The molecule has 14 heavy (non-hydrogen) atoms. The van der Waals surface area contributed by atoms with Crippen molar-refractivity contribution in [3.8, 4) is 5.75 Å². The smallest absolute Gasteiger partial charge is 0.511 e. The minimum Gasteiger partial charge on any atom is -0.511 e. The Balaban J connectivity index is 2.89. The van der Waals surface area contributed by atoms with Crippen molar-refractivity contribution >= 4 is 7.32 Å². The zero-order valence-corrected chi connectivity index (χ0v) is 7.32. The lowest BCUT2D eigenvalue weighted by atomic mass is 10.2. The highest BCUT2D eigenvalue weighted by atomic mass is 19.3. The molecule has 4 nitrogen and oxygen atoms in total. The number of hydrogen-bond donors (Lipinski definition) is 2. The molecule has 0 unspecified atom stereocenters. The molecule has 0 amide bonds. The first-order valence-corrected chi connectivity index (χ1v) is 3.78. The highest BCUT2D eigenvalue weighted by molar-refractivity contribution is 6.33. The van der Waals surface area contributed by atoms with Crippen LogP contribution in [-0.4, -0.2) is 22.4 Å². The first kappa shape index (κ1) is 10.9. The average Bonchev–Trinajstić information content (AvgIpc) is 2.01. The van der Waals surface area contributed by atoms with E-state index in [1.165, 1.54) is 13.0 Å². The predicted molar refractivity (Wildman–Crippen MR) is 44.8 cm³/mol.